The van der Waals surface area contributed by atoms with E-state index in [0.29, 0.717) is 12.2 Å². The van der Waals surface area contributed by atoms with Gasteiger partial charge in [-0.15, -0.1) is 0 Å². The molecule has 3 aliphatic rings. The van der Waals surface area contributed by atoms with Crippen molar-refractivity contribution in [2.24, 2.45) is 17.3 Å². The molecule has 5 heteroatoms. The molecule has 0 radical (unpaired) electrons. The maximum Gasteiger partial charge on any atom is 0.329 e. The summed E-state index contributed by atoms with van der Waals surface area (Å²) in [5.74, 6) is -1.50. The molecule has 1 heterocycles. The third-order valence-electron chi connectivity index (χ3n) is 6.17. The second-order valence-corrected chi connectivity index (χ2v) is 7.24. The lowest BCUT2D eigenvalue weighted by Crippen LogP contribution is -2.61. The van der Waals surface area contributed by atoms with E-state index in [-0.39, 0.29) is 30.6 Å². The molecule has 25 heavy (non-hydrogen) atoms. The van der Waals surface area contributed by atoms with Crippen LogP contribution >= 0.6 is 0 Å². The summed E-state index contributed by atoms with van der Waals surface area (Å²) in [6.45, 7) is 1.94. The van der Waals surface area contributed by atoms with Crippen LogP contribution in [0.5, 0.6) is 5.75 Å². The molecule has 1 aromatic rings. The first-order valence-electron chi connectivity index (χ1n) is 9.11. The second kappa shape index (κ2) is 5.97. The molecule has 2 aliphatic carbocycles. The highest BCUT2D eigenvalue weighted by Gasteiger charge is 2.67. The summed E-state index contributed by atoms with van der Waals surface area (Å²) in [6, 6.07) is 7.22. The predicted molar refractivity (Wildman–Crippen MR) is 89.0 cm³/mol. The molecular formula is C20H22O5. The zero-order valence-corrected chi connectivity index (χ0v) is 14.3. The number of Topliss-reactive ketones (excluding diaryl/α,β-unsaturated/α-hetero) is 1. The summed E-state index contributed by atoms with van der Waals surface area (Å²) in [5, 5.41) is 0. The molecule has 4 atom stereocenters. The minimum Gasteiger partial charge on any atom is -0.465 e. The Labute approximate surface area is 146 Å². The first-order valence-corrected chi connectivity index (χ1v) is 9.11. The minimum absolute atomic E-state index is 0.166. The predicted octanol–water partition coefficient (Wildman–Crippen LogP) is 3.02. The third kappa shape index (κ3) is 2.17. The Morgan fingerprint density at radius 3 is 2.80 bits per heavy atom. The van der Waals surface area contributed by atoms with Gasteiger partial charge in [0.15, 0.2) is 5.41 Å². The normalized spacial score (nSPS) is 33.6. The van der Waals surface area contributed by atoms with Gasteiger partial charge in [0.1, 0.15) is 11.5 Å². The Hall–Kier alpha value is -2.17. The molecule has 0 N–H and O–H groups in total. The molecule has 0 spiro atoms. The number of ether oxygens (including phenoxy) is 2. The van der Waals surface area contributed by atoms with E-state index in [0.717, 1.165) is 24.8 Å². The summed E-state index contributed by atoms with van der Waals surface area (Å²) < 4.78 is 11.0. The average molecular weight is 342 g/mol. The van der Waals surface area contributed by atoms with E-state index in [4.69, 9.17) is 9.47 Å². The van der Waals surface area contributed by atoms with Gasteiger partial charge in [0, 0.05) is 23.8 Å². The van der Waals surface area contributed by atoms with E-state index in [1.807, 2.05) is 12.1 Å². The monoisotopic (exact) mass is 342 g/mol. The largest absolute Gasteiger partial charge is 0.465 e. The van der Waals surface area contributed by atoms with Crippen molar-refractivity contribution in [3.8, 4) is 5.75 Å². The number of rotatable bonds is 2. The van der Waals surface area contributed by atoms with Gasteiger partial charge in [-0.1, -0.05) is 31.0 Å². The van der Waals surface area contributed by atoms with Gasteiger partial charge in [-0.2, -0.15) is 0 Å². The van der Waals surface area contributed by atoms with Crippen molar-refractivity contribution in [1.29, 1.82) is 0 Å². The van der Waals surface area contributed by atoms with E-state index in [2.05, 4.69) is 0 Å². The van der Waals surface area contributed by atoms with E-state index in [9.17, 15) is 14.4 Å². The minimum atomic E-state index is -1.39. The Morgan fingerprint density at radius 1 is 1.24 bits per heavy atom. The highest BCUT2D eigenvalue weighted by Crippen LogP contribution is 2.60. The van der Waals surface area contributed by atoms with Gasteiger partial charge < -0.3 is 9.47 Å². The highest BCUT2D eigenvalue weighted by molar-refractivity contribution is 6.06. The molecule has 2 saturated carbocycles. The van der Waals surface area contributed by atoms with Crippen molar-refractivity contribution in [3.05, 3.63) is 29.8 Å². The van der Waals surface area contributed by atoms with Crippen molar-refractivity contribution < 1.29 is 23.9 Å². The van der Waals surface area contributed by atoms with Crippen LogP contribution in [0.15, 0.2) is 24.3 Å². The van der Waals surface area contributed by atoms with Crippen molar-refractivity contribution in [2.75, 3.05) is 6.61 Å². The molecular weight excluding hydrogens is 320 g/mol. The molecule has 4 unspecified atom stereocenters. The number of carbonyl (C=O) groups excluding carboxylic acids is 3. The van der Waals surface area contributed by atoms with Crippen LogP contribution in [0.25, 0.3) is 0 Å². The Morgan fingerprint density at radius 2 is 2.00 bits per heavy atom. The highest BCUT2D eigenvalue weighted by atomic mass is 16.6. The number of benzene rings is 1. The topological polar surface area (TPSA) is 69.7 Å². The van der Waals surface area contributed by atoms with E-state index < -0.39 is 23.3 Å². The van der Waals surface area contributed by atoms with Gasteiger partial charge in [0.2, 0.25) is 0 Å². The van der Waals surface area contributed by atoms with Crippen molar-refractivity contribution in [3.63, 3.8) is 0 Å². The van der Waals surface area contributed by atoms with Crippen LogP contribution in [0.1, 0.15) is 50.5 Å². The first-order chi connectivity index (χ1) is 12.1. The number of fused-ring (bicyclic) bond motifs is 5. The summed E-state index contributed by atoms with van der Waals surface area (Å²) in [7, 11) is 0. The molecule has 0 aromatic heterocycles. The zero-order valence-electron chi connectivity index (χ0n) is 14.3. The van der Waals surface area contributed by atoms with Gasteiger partial charge >= 0.3 is 11.9 Å². The number of esters is 2. The van der Waals surface area contributed by atoms with Gasteiger partial charge in [-0.25, -0.2) is 0 Å². The summed E-state index contributed by atoms with van der Waals surface area (Å²) >= 11 is 0. The SMILES string of the molecule is CCOC(=O)C12C(=O)Oc3ccccc3C1CC(=O)C1CCCCC12. The summed E-state index contributed by atoms with van der Waals surface area (Å²) in [4.78, 5) is 39.1. The van der Waals surface area contributed by atoms with Crippen molar-refractivity contribution in [1.82, 2.24) is 0 Å². The van der Waals surface area contributed by atoms with Crippen LogP contribution < -0.4 is 4.74 Å². The van der Waals surface area contributed by atoms with E-state index >= 15 is 0 Å². The first kappa shape index (κ1) is 16.3. The van der Waals surface area contributed by atoms with Crippen LogP contribution in [0.4, 0.5) is 0 Å². The molecule has 0 bridgehead atoms. The lowest BCUT2D eigenvalue weighted by atomic mass is 9.50. The van der Waals surface area contributed by atoms with Gasteiger partial charge in [-0.05, 0) is 31.7 Å². The number of hydrogen-bond donors (Lipinski definition) is 0. The molecule has 0 amide bonds. The molecule has 0 saturated heterocycles. The molecule has 4 rings (SSSR count). The Balaban J connectivity index is 1.92. The van der Waals surface area contributed by atoms with Crippen LogP contribution in [0, 0.1) is 17.3 Å². The van der Waals surface area contributed by atoms with Gasteiger partial charge in [-0.3, -0.25) is 14.4 Å². The second-order valence-electron chi connectivity index (χ2n) is 7.24. The fourth-order valence-corrected chi connectivity index (χ4v) is 5.16. The maximum absolute atomic E-state index is 13.2. The van der Waals surface area contributed by atoms with Crippen LogP contribution in [0.3, 0.4) is 0 Å². The van der Waals surface area contributed by atoms with Crippen LogP contribution in [0.2, 0.25) is 0 Å². The van der Waals surface area contributed by atoms with Crippen LogP contribution in [-0.4, -0.2) is 24.3 Å². The standard InChI is InChI=1S/C20H22O5/c1-2-24-18(22)20-14-9-5-3-7-12(14)16(21)11-15(20)13-8-4-6-10-17(13)25-19(20)23/h4,6,8,10,12,14-15H,2-3,5,7,9,11H2,1H3. The fraction of sp³-hybridized carbons (Fsp3) is 0.550. The lowest BCUT2D eigenvalue weighted by Gasteiger charge is -2.51. The Kier molecular flexibility index (Phi) is 3.89. The number of ketones is 1. The van der Waals surface area contributed by atoms with Crippen LogP contribution in [-0.2, 0) is 19.1 Å². The number of hydrogen-bond acceptors (Lipinski definition) is 5. The number of carbonyl (C=O) groups is 3. The average Bonchev–Trinajstić information content (AvgIpc) is 2.62. The third-order valence-corrected chi connectivity index (χ3v) is 6.17. The van der Waals surface area contributed by atoms with E-state index in [1.165, 1.54) is 0 Å². The quantitative estimate of drug-likeness (QED) is 0.469. The van der Waals surface area contributed by atoms with Crippen molar-refractivity contribution in [2.45, 2.75) is 44.9 Å². The zero-order chi connectivity index (χ0) is 17.6. The molecule has 1 aliphatic heterocycles. The lowest BCUT2D eigenvalue weighted by molar-refractivity contribution is -0.184. The molecule has 132 valence electrons. The summed E-state index contributed by atoms with van der Waals surface area (Å²) in [6.07, 6.45) is 3.50. The van der Waals surface area contributed by atoms with Gasteiger partial charge in [0.05, 0.1) is 6.61 Å². The Bertz CT molecular complexity index is 739. The fourth-order valence-electron chi connectivity index (χ4n) is 5.16. The molecule has 2 fully saturated rings. The number of para-hydroxylation sites is 1. The summed E-state index contributed by atoms with van der Waals surface area (Å²) in [5.41, 5.74) is -0.615. The smallest absolute Gasteiger partial charge is 0.329 e. The maximum atomic E-state index is 13.2. The molecule has 5 nitrogen and oxygen atoms in total. The van der Waals surface area contributed by atoms with E-state index in [1.54, 1.807) is 19.1 Å². The van der Waals surface area contributed by atoms with Crippen molar-refractivity contribution >= 4 is 17.7 Å². The molecule has 1 aromatic carbocycles. The van der Waals surface area contributed by atoms with Gasteiger partial charge in [0.25, 0.3) is 0 Å².